The maximum Gasteiger partial charge on any atom is 0.0468 e. The van der Waals surface area contributed by atoms with Crippen LogP contribution >= 0.6 is 0 Å². The van der Waals surface area contributed by atoms with Gasteiger partial charge in [0, 0.05) is 32.8 Å². The number of nitrogens with zero attached hydrogens (tertiary/aromatic N) is 1. The third-order valence-electron chi connectivity index (χ3n) is 4.03. The van der Waals surface area contributed by atoms with E-state index >= 15 is 0 Å². The molecule has 0 amide bonds. The Morgan fingerprint density at radius 3 is 2.94 bits per heavy atom. The van der Waals surface area contributed by atoms with E-state index in [1.807, 2.05) is 7.11 Å². The number of ether oxygens (including phenoxy) is 1. The van der Waals surface area contributed by atoms with Gasteiger partial charge in [-0.05, 0) is 51.1 Å². The smallest absolute Gasteiger partial charge is 0.0468 e. The lowest BCUT2D eigenvalue weighted by Gasteiger charge is -2.27. The molecule has 0 radical (unpaired) electrons. The highest BCUT2D eigenvalue weighted by Crippen LogP contribution is 2.49. The van der Waals surface area contributed by atoms with E-state index in [0.717, 1.165) is 6.61 Å². The first-order valence-electron chi connectivity index (χ1n) is 6.69. The summed E-state index contributed by atoms with van der Waals surface area (Å²) in [4.78, 5) is 2.66. The van der Waals surface area contributed by atoms with Gasteiger partial charge in [-0.2, -0.15) is 0 Å². The van der Waals surface area contributed by atoms with Gasteiger partial charge < -0.3 is 15.0 Å². The molecule has 0 aromatic heterocycles. The summed E-state index contributed by atoms with van der Waals surface area (Å²) in [6, 6.07) is 0.653. The van der Waals surface area contributed by atoms with E-state index in [1.54, 1.807) is 0 Å². The SMILES string of the molecule is COCCC1(CN2CCCNC(C)C2)CC1. The number of hydrogen-bond acceptors (Lipinski definition) is 3. The van der Waals surface area contributed by atoms with Crippen molar-refractivity contribution in [1.29, 1.82) is 0 Å². The average molecular weight is 226 g/mol. The molecular weight excluding hydrogens is 200 g/mol. The summed E-state index contributed by atoms with van der Waals surface area (Å²) in [7, 11) is 1.81. The summed E-state index contributed by atoms with van der Waals surface area (Å²) in [5, 5.41) is 3.56. The molecule has 16 heavy (non-hydrogen) atoms. The van der Waals surface area contributed by atoms with Gasteiger partial charge in [-0.3, -0.25) is 0 Å². The maximum absolute atomic E-state index is 5.22. The monoisotopic (exact) mass is 226 g/mol. The van der Waals surface area contributed by atoms with E-state index in [9.17, 15) is 0 Å². The molecule has 3 nitrogen and oxygen atoms in total. The van der Waals surface area contributed by atoms with Crippen molar-refractivity contribution >= 4 is 0 Å². The number of nitrogens with one attached hydrogen (secondary N) is 1. The van der Waals surface area contributed by atoms with E-state index in [2.05, 4.69) is 17.1 Å². The van der Waals surface area contributed by atoms with Crippen molar-refractivity contribution < 1.29 is 4.74 Å². The van der Waals surface area contributed by atoms with Gasteiger partial charge in [0.1, 0.15) is 0 Å². The lowest BCUT2D eigenvalue weighted by molar-refractivity contribution is 0.146. The molecule has 2 rings (SSSR count). The average Bonchev–Trinajstić information content (AvgIpc) is 3.03. The minimum absolute atomic E-state index is 0.611. The Bertz CT molecular complexity index is 216. The third-order valence-corrected chi connectivity index (χ3v) is 4.03. The van der Waals surface area contributed by atoms with Gasteiger partial charge in [-0.25, -0.2) is 0 Å². The first kappa shape index (κ1) is 12.3. The predicted molar refractivity (Wildman–Crippen MR) is 66.7 cm³/mol. The minimum atomic E-state index is 0.611. The van der Waals surface area contributed by atoms with Gasteiger partial charge in [-0.1, -0.05) is 0 Å². The number of rotatable bonds is 5. The molecule has 0 spiro atoms. The zero-order valence-corrected chi connectivity index (χ0v) is 10.8. The highest BCUT2D eigenvalue weighted by atomic mass is 16.5. The van der Waals surface area contributed by atoms with Gasteiger partial charge in [0.25, 0.3) is 0 Å². The summed E-state index contributed by atoms with van der Waals surface area (Å²) < 4.78 is 5.22. The molecule has 1 aliphatic heterocycles. The highest BCUT2D eigenvalue weighted by Gasteiger charge is 2.43. The van der Waals surface area contributed by atoms with Gasteiger partial charge in [-0.15, -0.1) is 0 Å². The summed E-state index contributed by atoms with van der Waals surface area (Å²) in [6.45, 7) is 8.20. The fraction of sp³-hybridized carbons (Fsp3) is 1.00. The molecule has 1 heterocycles. The highest BCUT2D eigenvalue weighted by molar-refractivity contribution is 4.96. The van der Waals surface area contributed by atoms with Crippen molar-refractivity contribution in [1.82, 2.24) is 10.2 Å². The number of methoxy groups -OCH3 is 1. The zero-order valence-electron chi connectivity index (χ0n) is 10.8. The van der Waals surface area contributed by atoms with Gasteiger partial charge in [0.2, 0.25) is 0 Å². The first-order chi connectivity index (χ1) is 7.74. The quantitative estimate of drug-likeness (QED) is 0.768. The van der Waals surface area contributed by atoms with Crippen LogP contribution in [0.1, 0.15) is 32.6 Å². The van der Waals surface area contributed by atoms with E-state index in [0.29, 0.717) is 11.5 Å². The minimum Gasteiger partial charge on any atom is -0.385 e. The Morgan fingerprint density at radius 1 is 1.44 bits per heavy atom. The number of hydrogen-bond donors (Lipinski definition) is 1. The van der Waals surface area contributed by atoms with Gasteiger partial charge in [0.15, 0.2) is 0 Å². The Hall–Kier alpha value is -0.120. The van der Waals surface area contributed by atoms with Crippen molar-refractivity contribution in [3.8, 4) is 0 Å². The predicted octanol–water partition coefficient (Wildman–Crippen LogP) is 1.49. The van der Waals surface area contributed by atoms with Crippen molar-refractivity contribution in [2.45, 2.75) is 38.6 Å². The van der Waals surface area contributed by atoms with E-state index in [4.69, 9.17) is 4.74 Å². The van der Waals surface area contributed by atoms with Crippen molar-refractivity contribution in [3.05, 3.63) is 0 Å². The van der Waals surface area contributed by atoms with Crippen LogP contribution < -0.4 is 5.32 Å². The Balaban J connectivity index is 1.79. The molecule has 1 N–H and O–H groups in total. The largest absolute Gasteiger partial charge is 0.385 e. The second-order valence-electron chi connectivity index (χ2n) is 5.69. The Kier molecular flexibility index (Phi) is 4.22. The molecule has 0 aromatic rings. The zero-order chi connectivity index (χ0) is 11.4. The van der Waals surface area contributed by atoms with Crippen LogP contribution in [-0.2, 0) is 4.74 Å². The molecular formula is C13H26N2O. The van der Waals surface area contributed by atoms with Gasteiger partial charge in [0.05, 0.1) is 0 Å². The van der Waals surface area contributed by atoms with Crippen LogP contribution in [0, 0.1) is 5.41 Å². The molecule has 1 atom stereocenters. The molecule has 2 aliphatic rings. The van der Waals surface area contributed by atoms with Crippen LogP contribution in [0.3, 0.4) is 0 Å². The van der Waals surface area contributed by atoms with Crippen LogP contribution in [-0.4, -0.2) is 50.8 Å². The van der Waals surface area contributed by atoms with Crippen LogP contribution in [0.5, 0.6) is 0 Å². The molecule has 1 saturated carbocycles. The Morgan fingerprint density at radius 2 is 2.25 bits per heavy atom. The normalized spacial score (nSPS) is 30.0. The lowest BCUT2D eigenvalue weighted by Crippen LogP contribution is -2.38. The first-order valence-corrected chi connectivity index (χ1v) is 6.69. The van der Waals surface area contributed by atoms with Crippen LogP contribution in [0.4, 0.5) is 0 Å². The van der Waals surface area contributed by atoms with Crippen molar-refractivity contribution in [3.63, 3.8) is 0 Å². The Labute approximate surface area is 99.5 Å². The lowest BCUT2D eigenvalue weighted by atomic mass is 10.0. The van der Waals surface area contributed by atoms with Crippen molar-refractivity contribution in [2.75, 3.05) is 39.9 Å². The molecule has 1 aliphatic carbocycles. The molecule has 0 bridgehead atoms. The second kappa shape index (κ2) is 5.48. The molecule has 1 unspecified atom stereocenters. The molecule has 0 aromatic carbocycles. The van der Waals surface area contributed by atoms with Crippen LogP contribution in [0.15, 0.2) is 0 Å². The van der Waals surface area contributed by atoms with Crippen LogP contribution in [0.2, 0.25) is 0 Å². The standard InChI is InChI=1S/C13H26N2O/c1-12-10-15(8-3-7-14-12)11-13(4-5-13)6-9-16-2/h12,14H,3-11H2,1-2H3. The third kappa shape index (κ3) is 3.44. The second-order valence-corrected chi connectivity index (χ2v) is 5.69. The van der Waals surface area contributed by atoms with Crippen LogP contribution in [0.25, 0.3) is 0 Å². The summed E-state index contributed by atoms with van der Waals surface area (Å²) in [5.74, 6) is 0. The maximum atomic E-state index is 5.22. The fourth-order valence-corrected chi connectivity index (χ4v) is 2.79. The van der Waals surface area contributed by atoms with E-state index < -0.39 is 0 Å². The molecule has 94 valence electrons. The van der Waals surface area contributed by atoms with E-state index in [1.165, 1.54) is 51.9 Å². The van der Waals surface area contributed by atoms with Crippen molar-refractivity contribution in [2.24, 2.45) is 5.41 Å². The summed E-state index contributed by atoms with van der Waals surface area (Å²) in [5.41, 5.74) is 0.611. The summed E-state index contributed by atoms with van der Waals surface area (Å²) in [6.07, 6.45) is 5.37. The fourth-order valence-electron chi connectivity index (χ4n) is 2.79. The summed E-state index contributed by atoms with van der Waals surface area (Å²) >= 11 is 0. The van der Waals surface area contributed by atoms with Gasteiger partial charge >= 0.3 is 0 Å². The topological polar surface area (TPSA) is 24.5 Å². The molecule has 1 saturated heterocycles. The molecule has 2 fully saturated rings. The van der Waals surface area contributed by atoms with E-state index in [-0.39, 0.29) is 0 Å². The molecule has 3 heteroatoms.